The van der Waals surface area contributed by atoms with Gasteiger partial charge in [0.2, 0.25) is 6.29 Å². The van der Waals surface area contributed by atoms with Crippen LogP contribution in [0.3, 0.4) is 0 Å². The zero-order chi connectivity index (χ0) is 15.1. The zero-order valence-electron chi connectivity index (χ0n) is 10.7. The molecule has 114 valence electrons. The van der Waals surface area contributed by atoms with Gasteiger partial charge in [-0.1, -0.05) is 23.2 Å². The highest BCUT2D eigenvalue weighted by Gasteiger charge is 2.44. The lowest BCUT2D eigenvalue weighted by Gasteiger charge is -2.16. The van der Waals surface area contributed by atoms with Crippen molar-refractivity contribution in [1.82, 2.24) is 4.98 Å². The number of benzene rings is 1. The summed E-state index contributed by atoms with van der Waals surface area (Å²) < 4.78 is 10.8. The Balaban J connectivity index is 1.88. The number of rotatable bonds is 3. The Bertz CT molecular complexity index is 661. The third-order valence-electron chi connectivity index (χ3n) is 3.45. The van der Waals surface area contributed by atoms with Gasteiger partial charge in [-0.2, -0.15) is 0 Å². The van der Waals surface area contributed by atoms with Gasteiger partial charge in [0.15, 0.2) is 0 Å². The summed E-state index contributed by atoms with van der Waals surface area (Å²) in [6.45, 7) is -0.409. The fourth-order valence-corrected chi connectivity index (χ4v) is 2.67. The van der Waals surface area contributed by atoms with Crippen LogP contribution in [0.1, 0.15) is 0 Å². The topological polar surface area (TPSA) is 94.9 Å². The van der Waals surface area contributed by atoms with Crippen LogP contribution >= 0.6 is 23.2 Å². The number of aromatic amines is 1. The molecule has 0 saturated carbocycles. The first-order valence-corrected chi connectivity index (χ1v) is 7.02. The summed E-state index contributed by atoms with van der Waals surface area (Å²) in [4.78, 5) is 2.93. The molecule has 0 aliphatic carbocycles. The molecule has 4 N–H and O–H groups in total. The molecule has 1 saturated heterocycles. The van der Waals surface area contributed by atoms with E-state index < -0.39 is 31.2 Å². The molecule has 2 aromatic rings. The molecule has 6 nitrogen and oxygen atoms in total. The first-order valence-electron chi connectivity index (χ1n) is 6.27. The number of ether oxygens (including phenoxy) is 2. The average molecular weight is 334 g/mol. The van der Waals surface area contributed by atoms with Crippen LogP contribution in [-0.4, -0.2) is 51.5 Å². The van der Waals surface area contributed by atoms with Crippen molar-refractivity contribution in [2.45, 2.75) is 24.6 Å². The third-order valence-corrected chi connectivity index (χ3v) is 4.25. The molecule has 0 radical (unpaired) electrons. The second kappa shape index (κ2) is 5.64. The number of fused-ring (bicyclic) bond motifs is 1. The van der Waals surface area contributed by atoms with Gasteiger partial charge in [-0.05, 0) is 12.1 Å². The minimum atomic E-state index is -1.25. The molecule has 0 spiro atoms. The molecule has 8 heteroatoms. The maximum Gasteiger partial charge on any atom is 0.229 e. The van der Waals surface area contributed by atoms with Gasteiger partial charge in [0.05, 0.1) is 22.2 Å². The maximum atomic E-state index is 9.86. The molecule has 0 bridgehead atoms. The summed E-state index contributed by atoms with van der Waals surface area (Å²) in [5, 5.41) is 30.0. The Morgan fingerprint density at radius 2 is 2.00 bits per heavy atom. The fraction of sp³-hybridized carbons (Fsp3) is 0.385. The lowest BCUT2D eigenvalue weighted by atomic mass is 10.1. The predicted molar refractivity (Wildman–Crippen MR) is 76.7 cm³/mol. The van der Waals surface area contributed by atoms with E-state index in [4.69, 9.17) is 37.8 Å². The Hall–Kier alpha value is -1.02. The summed E-state index contributed by atoms with van der Waals surface area (Å²) in [6.07, 6.45) is -2.86. The Morgan fingerprint density at radius 1 is 1.24 bits per heavy atom. The lowest BCUT2D eigenvalue weighted by molar-refractivity contribution is -0.115. The number of hydrogen-bond acceptors (Lipinski definition) is 5. The van der Waals surface area contributed by atoms with E-state index in [9.17, 15) is 10.2 Å². The molecule has 1 aliphatic rings. The van der Waals surface area contributed by atoms with E-state index in [1.165, 1.54) is 0 Å². The van der Waals surface area contributed by atoms with Crippen molar-refractivity contribution in [2.24, 2.45) is 0 Å². The molecule has 21 heavy (non-hydrogen) atoms. The first kappa shape index (κ1) is 14.9. The molecule has 2 heterocycles. The number of aromatic nitrogens is 1. The molecule has 3 rings (SSSR count). The van der Waals surface area contributed by atoms with Crippen molar-refractivity contribution in [2.75, 3.05) is 6.61 Å². The van der Waals surface area contributed by atoms with Crippen molar-refractivity contribution in [3.05, 3.63) is 28.4 Å². The van der Waals surface area contributed by atoms with E-state index in [0.717, 1.165) is 0 Å². The summed E-state index contributed by atoms with van der Waals surface area (Å²) in [7, 11) is 0. The van der Waals surface area contributed by atoms with Crippen molar-refractivity contribution < 1.29 is 24.8 Å². The Kier molecular flexibility index (Phi) is 4.00. The number of halogens is 2. The highest BCUT2D eigenvalue weighted by atomic mass is 35.5. The SMILES string of the molecule is OC[C@H]1O[C@@H](Oc2c[nH]c3c(Cl)c(Cl)ccc23)C(O)[C@@H]1O. The van der Waals surface area contributed by atoms with E-state index >= 15 is 0 Å². The number of hydrogen-bond donors (Lipinski definition) is 4. The monoisotopic (exact) mass is 333 g/mol. The average Bonchev–Trinajstić information content (AvgIpc) is 3.00. The maximum absolute atomic E-state index is 9.86. The van der Waals surface area contributed by atoms with Gasteiger partial charge in [-0.3, -0.25) is 0 Å². The number of aliphatic hydroxyl groups excluding tert-OH is 3. The lowest BCUT2D eigenvalue weighted by Crippen LogP contribution is -2.35. The Labute approximate surface area is 129 Å². The number of H-pyrrole nitrogens is 1. The third kappa shape index (κ3) is 2.48. The minimum absolute atomic E-state index is 0.366. The molecule has 1 aromatic heterocycles. The van der Waals surface area contributed by atoms with Crippen LogP contribution in [0.5, 0.6) is 5.75 Å². The van der Waals surface area contributed by atoms with Crippen LogP contribution in [0.25, 0.3) is 10.9 Å². The standard InChI is InChI=1S/C13H13Cl2NO5/c14-6-2-1-5-7(3-16-10(5)9(6)15)20-13-12(19)11(18)8(4-17)21-13/h1-3,8,11-13,16-19H,4H2/t8-,11-,12?,13-/m1/s1. The molecule has 1 aromatic carbocycles. The van der Waals surface area contributed by atoms with Crippen molar-refractivity contribution in [3.8, 4) is 5.75 Å². The molecular weight excluding hydrogens is 321 g/mol. The van der Waals surface area contributed by atoms with Gasteiger partial charge in [0.25, 0.3) is 0 Å². The number of nitrogens with one attached hydrogen (secondary N) is 1. The summed E-state index contributed by atoms with van der Waals surface area (Å²) in [6, 6.07) is 3.35. The molecule has 1 aliphatic heterocycles. The fourth-order valence-electron chi connectivity index (χ4n) is 2.30. The van der Waals surface area contributed by atoms with Crippen molar-refractivity contribution in [1.29, 1.82) is 0 Å². The number of aliphatic hydroxyl groups is 3. The summed E-state index contributed by atoms with van der Waals surface area (Å²) >= 11 is 12.0. The second-order valence-corrected chi connectivity index (χ2v) is 5.55. The van der Waals surface area contributed by atoms with Crippen molar-refractivity contribution in [3.63, 3.8) is 0 Å². The summed E-state index contributed by atoms with van der Waals surface area (Å²) in [5.41, 5.74) is 0.603. The van der Waals surface area contributed by atoms with Gasteiger partial charge < -0.3 is 29.8 Å². The van der Waals surface area contributed by atoms with Crippen LogP contribution in [0.2, 0.25) is 10.0 Å². The van der Waals surface area contributed by atoms with Crippen LogP contribution < -0.4 is 4.74 Å². The van der Waals surface area contributed by atoms with Gasteiger partial charge >= 0.3 is 0 Å². The highest BCUT2D eigenvalue weighted by molar-refractivity contribution is 6.45. The van der Waals surface area contributed by atoms with E-state index in [0.29, 0.717) is 26.7 Å². The van der Waals surface area contributed by atoms with Crippen LogP contribution in [0, 0.1) is 0 Å². The van der Waals surface area contributed by atoms with E-state index in [2.05, 4.69) is 4.98 Å². The molecule has 1 fully saturated rings. The first-order chi connectivity index (χ1) is 10.0. The smallest absolute Gasteiger partial charge is 0.229 e. The molecular formula is C13H13Cl2NO5. The highest BCUT2D eigenvalue weighted by Crippen LogP contribution is 2.36. The molecule has 4 atom stereocenters. The normalized spacial score (nSPS) is 29.2. The largest absolute Gasteiger partial charge is 0.460 e. The van der Waals surface area contributed by atoms with E-state index in [1.54, 1.807) is 18.3 Å². The summed E-state index contributed by atoms with van der Waals surface area (Å²) in [5.74, 6) is 0.401. The van der Waals surface area contributed by atoms with E-state index in [1.807, 2.05) is 0 Å². The quantitative estimate of drug-likeness (QED) is 0.679. The van der Waals surface area contributed by atoms with E-state index in [-0.39, 0.29) is 0 Å². The van der Waals surface area contributed by atoms with Crippen LogP contribution in [-0.2, 0) is 4.74 Å². The van der Waals surface area contributed by atoms with Crippen LogP contribution in [0.15, 0.2) is 18.3 Å². The Morgan fingerprint density at radius 3 is 2.67 bits per heavy atom. The molecule has 0 amide bonds. The van der Waals surface area contributed by atoms with Gasteiger partial charge in [0, 0.05) is 11.6 Å². The minimum Gasteiger partial charge on any atom is -0.460 e. The predicted octanol–water partition coefficient (Wildman–Crippen LogP) is 1.29. The van der Waals surface area contributed by atoms with Gasteiger partial charge in [-0.15, -0.1) is 0 Å². The van der Waals surface area contributed by atoms with Gasteiger partial charge in [-0.25, -0.2) is 0 Å². The van der Waals surface area contributed by atoms with Crippen LogP contribution in [0.4, 0.5) is 0 Å². The van der Waals surface area contributed by atoms with Crippen molar-refractivity contribution >= 4 is 34.1 Å². The molecule has 1 unspecified atom stereocenters. The zero-order valence-corrected chi connectivity index (χ0v) is 12.2. The second-order valence-electron chi connectivity index (χ2n) is 4.76. The van der Waals surface area contributed by atoms with Gasteiger partial charge in [0.1, 0.15) is 24.1 Å².